The summed E-state index contributed by atoms with van der Waals surface area (Å²) in [5.74, 6) is 1.02. The van der Waals surface area contributed by atoms with Gasteiger partial charge in [-0.05, 0) is 56.2 Å². The molecule has 0 N–H and O–H groups in total. The third-order valence-electron chi connectivity index (χ3n) is 6.13. The van der Waals surface area contributed by atoms with E-state index in [-0.39, 0.29) is 37.0 Å². The molecule has 0 unspecified atom stereocenters. The van der Waals surface area contributed by atoms with Crippen LogP contribution in [0.1, 0.15) is 50.5 Å². The fourth-order valence-electron chi connectivity index (χ4n) is 4.64. The van der Waals surface area contributed by atoms with E-state index in [0.717, 1.165) is 55.6 Å². The molecular weight excluding hydrogens is 334 g/mol. The van der Waals surface area contributed by atoms with Crippen LogP contribution in [0.3, 0.4) is 0 Å². The van der Waals surface area contributed by atoms with E-state index in [1.54, 1.807) is 0 Å². The maximum atomic E-state index is 13.4. The summed E-state index contributed by atoms with van der Waals surface area (Å²) in [7, 11) is 0. The van der Waals surface area contributed by atoms with E-state index < -0.39 is 5.60 Å². The first-order valence-electron chi connectivity index (χ1n) is 9.55. The van der Waals surface area contributed by atoms with Crippen LogP contribution in [0.25, 0.3) is 0 Å². The van der Waals surface area contributed by atoms with Crippen molar-refractivity contribution in [2.75, 3.05) is 6.79 Å². The normalized spacial score (nSPS) is 25.5. The standard InChI is InChI=1S/C20H23NO5/c22-18-10-15(20(26-18)7-1-2-8-20)19(23)21(14-4-5-14)11-13-3-6-16-17(9-13)25-12-24-16/h3,6,9,14-15H,1-2,4-5,7-8,10-12H2/t15-/m0/s1. The van der Waals surface area contributed by atoms with Gasteiger partial charge >= 0.3 is 5.97 Å². The van der Waals surface area contributed by atoms with Crippen molar-refractivity contribution in [1.29, 1.82) is 0 Å². The summed E-state index contributed by atoms with van der Waals surface area (Å²) >= 11 is 0. The Labute approximate surface area is 152 Å². The summed E-state index contributed by atoms with van der Waals surface area (Å²) in [6.45, 7) is 0.787. The molecule has 1 aromatic rings. The zero-order valence-electron chi connectivity index (χ0n) is 14.7. The molecule has 1 saturated heterocycles. The van der Waals surface area contributed by atoms with Gasteiger partial charge in [-0.3, -0.25) is 9.59 Å². The quantitative estimate of drug-likeness (QED) is 0.776. The number of esters is 1. The molecule has 2 saturated carbocycles. The minimum Gasteiger partial charge on any atom is -0.458 e. The fraction of sp³-hybridized carbons (Fsp3) is 0.600. The minimum atomic E-state index is -0.545. The van der Waals surface area contributed by atoms with Crippen LogP contribution in [0.2, 0.25) is 0 Å². The maximum Gasteiger partial charge on any atom is 0.307 e. The molecule has 5 rings (SSSR count). The molecule has 3 fully saturated rings. The van der Waals surface area contributed by atoms with Crippen LogP contribution in [-0.2, 0) is 20.9 Å². The second-order valence-corrected chi connectivity index (χ2v) is 7.89. The molecular formula is C20H23NO5. The lowest BCUT2D eigenvalue weighted by Gasteiger charge is -2.33. The summed E-state index contributed by atoms with van der Waals surface area (Å²) in [5, 5.41) is 0. The smallest absolute Gasteiger partial charge is 0.307 e. The Morgan fingerprint density at radius 3 is 2.69 bits per heavy atom. The Bertz CT molecular complexity index is 751. The second kappa shape index (κ2) is 5.89. The Morgan fingerprint density at radius 1 is 1.15 bits per heavy atom. The van der Waals surface area contributed by atoms with Gasteiger partial charge in [-0.25, -0.2) is 0 Å². The molecule has 2 heterocycles. The highest BCUT2D eigenvalue weighted by Gasteiger charge is 2.55. The molecule has 26 heavy (non-hydrogen) atoms. The highest BCUT2D eigenvalue weighted by atomic mass is 16.7. The van der Waals surface area contributed by atoms with E-state index in [1.165, 1.54) is 0 Å². The molecule has 0 radical (unpaired) electrons. The monoisotopic (exact) mass is 357 g/mol. The molecule has 138 valence electrons. The predicted molar refractivity (Wildman–Crippen MR) is 91.5 cm³/mol. The van der Waals surface area contributed by atoms with Gasteiger partial charge in [-0.1, -0.05) is 6.07 Å². The average molecular weight is 357 g/mol. The summed E-state index contributed by atoms with van der Waals surface area (Å²) in [4.78, 5) is 27.4. The number of hydrogen-bond donors (Lipinski definition) is 0. The van der Waals surface area contributed by atoms with Crippen LogP contribution in [0.5, 0.6) is 11.5 Å². The van der Waals surface area contributed by atoms with Crippen molar-refractivity contribution in [2.45, 2.75) is 63.1 Å². The Morgan fingerprint density at radius 2 is 1.92 bits per heavy atom. The molecule has 6 nitrogen and oxygen atoms in total. The molecule has 1 atom stereocenters. The van der Waals surface area contributed by atoms with Crippen LogP contribution in [0.4, 0.5) is 0 Å². The van der Waals surface area contributed by atoms with Crippen LogP contribution in [-0.4, -0.2) is 35.2 Å². The van der Waals surface area contributed by atoms with Gasteiger partial charge in [0.2, 0.25) is 12.7 Å². The number of amides is 1. The number of fused-ring (bicyclic) bond motifs is 1. The summed E-state index contributed by atoms with van der Waals surface area (Å²) in [6, 6.07) is 6.11. The molecule has 2 aliphatic carbocycles. The van der Waals surface area contributed by atoms with E-state index in [4.69, 9.17) is 14.2 Å². The van der Waals surface area contributed by atoms with E-state index >= 15 is 0 Å². The van der Waals surface area contributed by atoms with Crippen LogP contribution in [0, 0.1) is 5.92 Å². The van der Waals surface area contributed by atoms with E-state index in [2.05, 4.69) is 0 Å². The molecule has 0 aromatic heterocycles. The first-order chi connectivity index (χ1) is 12.6. The van der Waals surface area contributed by atoms with E-state index in [0.29, 0.717) is 6.54 Å². The minimum absolute atomic E-state index is 0.0814. The van der Waals surface area contributed by atoms with Gasteiger partial charge in [-0.2, -0.15) is 0 Å². The van der Waals surface area contributed by atoms with Gasteiger partial charge in [0.1, 0.15) is 5.60 Å². The van der Waals surface area contributed by atoms with Gasteiger partial charge < -0.3 is 19.1 Å². The van der Waals surface area contributed by atoms with Crippen LogP contribution >= 0.6 is 0 Å². The number of nitrogens with zero attached hydrogens (tertiary/aromatic N) is 1. The third-order valence-corrected chi connectivity index (χ3v) is 6.13. The molecule has 1 spiro atoms. The molecule has 0 bridgehead atoms. The predicted octanol–water partition coefficient (Wildman–Crippen LogP) is 2.78. The summed E-state index contributed by atoms with van der Waals surface area (Å²) in [5.41, 5.74) is 0.483. The highest BCUT2D eigenvalue weighted by Crippen LogP contribution is 2.47. The maximum absolute atomic E-state index is 13.4. The van der Waals surface area contributed by atoms with Crippen molar-refractivity contribution in [3.63, 3.8) is 0 Å². The SMILES string of the molecule is O=C1C[C@@H](C(=O)N(Cc2ccc3c(c2)OCO3)C2CC2)C2(CCCC2)O1. The van der Waals surface area contributed by atoms with Crippen molar-refractivity contribution < 1.29 is 23.8 Å². The lowest BCUT2D eigenvalue weighted by Crippen LogP contribution is -2.45. The van der Waals surface area contributed by atoms with Crippen molar-refractivity contribution in [2.24, 2.45) is 5.92 Å². The number of rotatable bonds is 4. The largest absolute Gasteiger partial charge is 0.458 e. The van der Waals surface area contributed by atoms with Gasteiger partial charge in [0.15, 0.2) is 11.5 Å². The lowest BCUT2D eigenvalue weighted by molar-refractivity contribution is -0.152. The van der Waals surface area contributed by atoms with Crippen molar-refractivity contribution in [3.8, 4) is 11.5 Å². The summed E-state index contributed by atoms with van der Waals surface area (Å²) in [6.07, 6.45) is 5.99. The van der Waals surface area contributed by atoms with E-state index in [9.17, 15) is 9.59 Å². The van der Waals surface area contributed by atoms with Crippen molar-refractivity contribution >= 4 is 11.9 Å². The Kier molecular flexibility index (Phi) is 3.62. The first kappa shape index (κ1) is 16.0. The number of carbonyl (C=O) groups is 2. The molecule has 1 amide bonds. The molecule has 1 aromatic carbocycles. The van der Waals surface area contributed by atoms with E-state index in [1.807, 2.05) is 23.1 Å². The molecule has 4 aliphatic rings. The number of benzene rings is 1. The second-order valence-electron chi connectivity index (χ2n) is 7.89. The zero-order valence-corrected chi connectivity index (χ0v) is 14.7. The summed E-state index contributed by atoms with van der Waals surface area (Å²) < 4.78 is 16.5. The lowest BCUT2D eigenvalue weighted by atomic mass is 9.84. The fourth-order valence-corrected chi connectivity index (χ4v) is 4.64. The average Bonchev–Trinajstić information content (AvgIpc) is 3.04. The molecule has 6 heteroatoms. The van der Waals surface area contributed by atoms with Gasteiger partial charge in [0.25, 0.3) is 0 Å². The highest BCUT2D eigenvalue weighted by molar-refractivity contribution is 5.88. The Hall–Kier alpha value is -2.24. The van der Waals surface area contributed by atoms with Crippen molar-refractivity contribution in [3.05, 3.63) is 23.8 Å². The van der Waals surface area contributed by atoms with Crippen LogP contribution < -0.4 is 9.47 Å². The first-order valence-corrected chi connectivity index (χ1v) is 9.55. The van der Waals surface area contributed by atoms with Crippen LogP contribution in [0.15, 0.2) is 18.2 Å². The van der Waals surface area contributed by atoms with Gasteiger partial charge in [0, 0.05) is 12.6 Å². The zero-order chi connectivity index (χ0) is 17.7. The topological polar surface area (TPSA) is 65.1 Å². The van der Waals surface area contributed by atoms with Gasteiger partial charge in [0.05, 0.1) is 12.3 Å². The van der Waals surface area contributed by atoms with Crippen molar-refractivity contribution in [1.82, 2.24) is 4.90 Å². The third kappa shape index (κ3) is 2.63. The number of carbonyl (C=O) groups excluding carboxylic acids is 2. The van der Waals surface area contributed by atoms with Gasteiger partial charge in [-0.15, -0.1) is 0 Å². The molecule has 2 aliphatic heterocycles. The number of ether oxygens (including phenoxy) is 3. The number of hydrogen-bond acceptors (Lipinski definition) is 5. The Balaban J connectivity index is 1.39.